The van der Waals surface area contributed by atoms with Crippen molar-refractivity contribution in [2.75, 3.05) is 13.2 Å². The minimum absolute atomic E-state index is 0.0113. The minimum atomic E-state index is -0.557. The molecule has 1 saturated heterocycles. The van der Waals surface area contributed by atoms with Gasteiger partial charge in [-0.3, -0.25) is 4.79 Å². The maximum atomic E-state index is 13.1. The summed E-state index contributed by atoms with van der Waals surface area (Å²) in [6.07, 6.45) is 2.54. The van der Waals surface area contributed by atoms with Crippen LogP contribution < -0.4 is 0 Å². The Morgan fingerprint density at radius 2 is 1.81 bits per heavy atom. The molecule has 0 aromatic heterocycles. The van der Waals surface area contributed by atoms with Crippen LogP contribution in [0.4, 0.5) is 0 Å². The summed E-state index contributed by atoms with van der Waals surface area (Å²) in [5.74, 6) is 0.375. The van der Waals surface area contributed by atoms with Crippen molar-refractivity contribution in [3.63, 3.8) is 0 Å². The number of piperidine rings is 1. The van der Waals surface area contributed by atoms with Gasteiger partial charge in [0.25, 0.3) is 0 Å². The monoisotopic (exact) mass is 456 g/mol. The summed E-state index contributed by atoms with van der Waals surface area (Å²) in [5.41, 5.74) is 2.93. The van der Waals surface area contributed by atoms with Gasteiger partial charge in [0.15, 0.2) is 0 Å². The lowest BCUT2D eigenvalue weighted by Gasteiger charge is -2.35. The number of ether oxygens (including phenoxy) is 2. The molecule has 3 rings (SSSR count). The minimum Gasteiger partial charge on any atom is -0.458 e. The lowest BCUT2D eigenvalue weighted by molar-refractivity contribution is -0.172. The fourth-order valence-electron chi connectivity index (χ4n) is 3.85. The zero-order valence-corrected chi connectivity index (χ0v) is 19.9. The van der Waals surface area contributed by atoms with Crippen molar-refractivity contribution in [2.24, 2.45) is 0 Å². The maximum absolute atomic E-state index is 13.1. The van der Waals surface area contributed by atoms with Crippen LogP contribution in [0, 0.1) is 5.41 Å². The van der Waals surface area contributed by atoms with E-state index in [2.05, 4.69) is 24.3 Å². The molecule has 0 bridgehead atoms. The number of benzene rings is 2. The molecule has 2 aromatic rings. The van der Waals surface area contributed by atoms with Crippen LogP contribution in [0.15, 0.2) is 36.4 Å². The van der Waals surface area contributed by atoms with Crippen LogP contribution in [0.25, 0.3) is 10.8 Å². The van der Waals surface area contributed by atoms with E-state index in [0.29, 0.717) is 13.0 Å². The zero-order valence-electron chi connectivity index (χ0n) is 19.1. The van der Waals surface area contributed by atoms with Crippen molar-refractivity contribution in [3.8, 4) is 0 Å². The van der Waals surface area contributed by atoms with Crippen LogP contribution in [0.5, 0.6) is 0 Å². The molecule has 1 aliphatic rings. The molecule has 1 aliphatic heterocycles. The summed E-state index contributed by atoms with van der Waals surface area (Å²) >= 11 is 1.46. The SMILES string of the molecule is CC(C)(C)OC(=O)COC1CCCCN1C(=O)Cc1ccc2cc(CSC=N)ccc2c1. The molecule has 1 fully saturated rings. The summed E-state index contributed by atoms with van der Waals surface area (Å²) in [7, 11) is 0. The van der Waals surface area contributed by atoms with E-state index in [1.807, 2.05) is 32.9 Å². The second-order valence-electron chi connectivity index (χ2n) is 9.06. The molecule has 1 N–H and O–H groups in total. The van der Waals surface area contributed by atoms with Gasteiger partial charge in [-0.2, -0.15) is 0 Å². The molecule has 1 amide bonds. The topological polar surface area (TPSA) is 79.7 Å². The van der Waals surface area contributed by atoms with Gasteiger partial charge in [0.2, 0.25) is 5.91 Å². The van der Waals surface area contributed by atoms with Crippen LogP contribution in [0.2, 0.25) is 0 Å². The van der Waals surface area contributed by atoms with E-state index in [1.165, 1.54) is 22.9 Å². The number of amides is 1. The van der Waals surface area contributed by atoms with Crippen molar-refractivity contribution >= 4 is 40.0 Å². The Morgan fingerprint density at radius 3 is 2.50 bits per heavy atom. The Bertz CT molecular complexity index is 970. The number of thioether (sulfide) groups is 1. The molecule has 6 nitrogen and oxygen atoms in total. The predicted octanol–water partition coefficient (Wildman–Crippen LogP) is 4.92. The van der Waals surface area contributed by atoms with Gasteiger partial charge in [0, 0.05) is 12.3 Å². The van der Waals surface area contributed by atoms with Crippen LogP contribution in [0.3, 0.4) is 0 Å². The first-order valence-corrected chi connectivity index (χ1v) is 12.0. The first-order chi connectivity index (χ1) is 15.2. The van der Waals surface area contributed by atoms with Crippen LogP contribution >= 0.6 is 11.8 Å². The number of fused-ring (bicyclic) bond motifs is 1. The van der Waals surface area contributed by atoms with Gasteiger partial charge in [0.1, 0.15) is 18.4 Å². The number of hydrogen-bond acceptors (Lipinski definition) is 6. The van der Waals surface area contributed by atoms with Gasteiger partial charge in [-0.05, 0) is 61.9 Å². The molecule has 7 heteroatoms. The number of carbonyl (C=O) groups excluding carboxylic acids is 2. The summed E-state index contributed by atoms with van der Waals surface area (Å²) in [6, 6.07) is 12.4. The third-order valence-electron chi connectivity index (χ3n) is 5.24. The number of nitrogens with zero attached hydrogens (tertiary/aromatic N) is 1. The molecule has 0 saturated carbocycles. The van der Waals surface area contributed by atoms with Crippen molar-refractivity contribution in [2.45, 2.75) is 64.0 Å². The van der Waals surface area contributed by atoms with Crippen molar-refractivity contribution < 1.29 is 19.1 Å². The lowest BCUT2D eigenvalue weighted by atomic mass is 10.0. The van der Waals surface area contributed by atoms with E-state index in [-0.39, 0.29) is 12.5 Å². The zero-order chi connectivity index (χ0) is 23.1. The predicted molar refractivity (Wildman–Crippen MR) is 129 cm³/mol. The summed E-state index contributed by atoms with van der Waals surface area (Å²) in [4.78, 5) is 26.8. The van der Waals surface area contributed by atoms with Gasteiger partial charge in [0.05, 0.1) is 12.0 Å². The molecule has 1 unspecified atom stereocenters. The standard InChI is InChI=1S/C25H32N2O4S/c1-25(2,3)31-24(29)15-30-23-6-4-5-11-27(23)22(28)14-18-7-9-21-13-19(16-32-17-26)8-10-20(21)12-18/h7-10,12-13,17,23,26H,4-6,11,14-16H2,1-3H3. The van der Waals surface area contributed by atoms with E-state index in [1.54, 1.807) is 4.90 Å². The van der Waals surface area contributed by atoms with E-state index >= 15 is 0 Å². The fraction of sp³-hybridized carbons (Fsp3) is 0.480. The number of likely N-dealkylation sites (tertiary alicyclic amines) is 1. The Hall–Kier alpha value is -2.38. The summed E-state index contributed by atoms with van der Waals surface area (Å²) in [5, 5.41) is 9.38. The van der Waals surface area contributed by atoms with Crippen molar-refractivity contribution in [3.05, 3.63) is 47.5 Å². The number of carbonyl (C=O) groups is 2. The molecular weight excluding hydrogens is 424 g/mol. The van der Waals surface area contributed by atoms with E-state index in [4.69, 9.17) is 14.9 Å². The molecule has 0 radical (unpaired) electrons. The normalized spacial score (nSPS) is 16.7. The molecule has 0 spiro atoms. The van der Waals surface area contributed by atoms with Crippen LogP contribution in [-0.4, -0.2) is 47.3 Å². The second-order valence-corrected chi connectivity index (χ2v) is 9.91. The highest BCUT2D eigenvalue weighted by Gasteiger charge is 2.28. The van der Waals surface area contributed by atoms with E-state index < -0.39 is 17.8 Å². The fourth-order valence-corrected chi connectivity index (χ4v) is 4.31. The average molecular weight is 457 g/mol. The molecule has 32 heavy (non-hydrogen) atoms. The number of hydrogen-bond donors (Lipinski definition) is 1. The largest absolute Gasteiger partial charge is 0.458 e. The Labute approximate surface area is 194 Å². The maximum Gasteiger partial charge on any atom is 0.332 e. The number of nitrogens with one attached hydrogen (secondary N) is 1. The van der Waals surface area contributed by atoms with Crippen molar-refractivity contribution in [1.82, 2.24) is 4.90 Å². The van der Waals surface area contributed by atoms with E-state index in [9.17, 15) is 9.59 Å². The average Bonchev–Trinajstić information content (AvgIpc) is 2.75. The third kappa shape index (κ3) is 7.07. The van der Waals surface area contributed by atoms with Crippen LogP contribution in [0.1, 0.15) is 51.2 Å². The molecule has 172 valence electrons. The smallest absolute Gasteiger partial charge is 0.332 e. The Morgan fingerprint density at radius 1 is 1.12 bits per heavy atom. The van der Waals surface area contributed by atoms with E-state index in [0.717, 1.165) is 41.4 Å². The Balaban J connectivity index is 1.62. The van der Waals surface area contributed by atoms with Gasteiger partial charge in [-0.1, -0.05) is 36.4 Å². The molecular formula is C25H32N2O4S. The lowest BCUT2D eigenvalue weighted by Crippen LogP contribution is -2.46. The highest BCUT2D eigenvalue weighted by molar-refractivity contribution is 8.11. The third-order valence-corrected chi connectivity index (χ3v) is 5.91. The molecule has 1 heterocycles. The quantitative estimate of drug-likeness (QED) is 0.346. The number of rotatable bonds is 8. The highest BCUT2D eigenvalue weighted by Crippen LogP contribution is 2.23. The van der Waals surface area contributed by atoms with Crippen LogP contribution in [-0.2, 0) is 31.2 Å². The van der Waals surface area contributed by atoms with Gasteiger partial charge < -0.3 is 19.8 Å². The Kier molecular flexibility index (Phi) is 8.32. The highest BCUT2D eigenvalue weighted by atomic mass is 32.2. The van der Waals surface area contributed by atoms with Crippen molar-refractivity contribution in [1.29, 1.82) is 5.41 Å². The summed E-state index contributed by atoms with van der Waals surface area (Å²) in [6.45, 7) is 5.95. The molecule has 0 aliphatic carbocycles. The first kappa shape index (κ1) is 24.3. The summed E-state index contributed by atoms with van der Waals surface area (Å²) < 4.78 is 11.1. The van der Waals surface area contributed by atoms with Gasteiger partial charge in [-0.25, -0.2) is 4.79 Å². The van der Waals surface area contributed by atoms with Gasteiger partial charge >= 0.3 is 5.97 Å². The molecule has 2 aromatic carbocycles. The second kappa shape index (κ2) is 11.0. The number of esters is 1. The molecule has 1 atom stereocenters. The first-order valence-electron chi connectivity index (χ1n) is 11.0. The van der Waals surface area contributed by atoms with Gasteiger partial charge in [-0.15, -0.1) is 11.8 Å².